The minimum atomic E-state index is -0.754. The van der Waals surface area contributed by atoms with Gasteiger partial charge in [-0.05, 0) is 37.1 Å². The highest BCUT2D eigenvalue weighted by Crippen LogP contribution is 2.37. The molecule has 2 aromatic carbocycles. The van der Waals surface area contributed by atoms with Crippen molar-refractivity contribution in [1.29, 1.82) is 0 Å². The second-order valence-corrected chi connectivity index (χ2v) is 8.32. The summed E-state index contributed by atoms with van der Waals surface area (Å²) in [6.07, 6.45) is -0.269. The van der Waals surface area contributed by atoms with Crippen LogP contribution >= 0.6 is 11.6 Å². The fraction of sp³-hybridized carbons (Fsp3) is 0.304. The van der Waals surface area contributed by atoms with Crippen LogP contribution in [0.1, 0.15) is 34.3 Å². The van der Waals surface area contributed by atoms with E-state index in [2.05, 4.69) is 5.32 Å². The molecule has 33 heavy (non-hydrogen) atoms. The number of hydrogen-bond donors (Lipinski definition) is 1. The molecule has 0 saturated carbocycles. The summed E-state index contributed by atoms with van der Waals surface area (Å²) >= 11 is 6.15. The molecular weight excluding hydrogens is 450 g/mol. The van der Waals surface area contributed by atoms with Gasteiger partial charge in [0, 0.05) is 35.8 Å². The Balaban J connectivity index is 1.57. The lowest BCUT2D eigenvalue weighted by atomic mass is 10.0. The number of imide groups is 1. The molecule has 4 rings (SSSR count). The normalized spacial score (nSPS) is 17.5. The van der Waals surface area contributed by atoms with Crippen molar-refractivity contribution >= 4 is 41.1 Å². The van der Waals surface area contributed by atoms with E-state index in [9.17, 15) is 19.2 Å². The lowest BCUT2D eigenvalue weighted by Crippen LogP contribution is -2.52. The molecule has 10 heteroatoms. The Kier molecular flexibility index (Phi) is 5.99. The van der Waals surface area contributed by atoms with Gasteiger partial charge in [-0.25, -0.2) is 4.79 Å². The van der Waals surface area contributed by atoms with Crippen molar-refractivity contribution < 1.29 is 28.7 Å². The number of rotatable bonds is 4. The Bertz CT molecular complexity index is 1180. The fourth-order valence-corrected chi connectivity index (χ4v) is 4.08. The van der Waals surface area contributed by atoms with E-state index in [1.807, 2.05) is 6.92 Å². The fourth-order valence-electron chi connectivity index (χ4n) is 3.91. The summed E-state index contributed by atoms with van der Waals surface area (Å²) in [7, 11) is 2.99. The third kappa shape index (κ3) is 4.23. The summed E-state index contributed by atoms with van der Waals surface area (Å²) in [6, 6.07) is 7.42. The first-order valence-electron chi connectivity index (χ1n) is 10.3. The minimum absolute atomic E-state index is 0.124. The molecule has 1 atom stereocenters. The number of nitrogens with one attached hydrogen (secondary N) is 1. The van der Waals surface area contributed by atoms with Crippen molar-refractivity contribution in [2.24, 2.45) is 0 Å². The van der Waals surface area contributed by atoms with Crippen molar-refractivity contribution in [3.8, 4) is 11.5 Å². The van der Waals surface area contributed by atoms with Gasteiger partial charge in [0.1, 0.15) is 17.5 Å². The van der Waals surface area contributed by atoms with Gasteiger partial charge < -0.3 is 14.4 Å². The van der Waals surface area contributed by atoms with Crippen molar-refractivity contribution in [3.05, 3.63) is 52.0 Å². The third-order valence-corrected chi connectivity index (χ3v) is 6.24. The van der Waals surface area contributed by atoms with Crippen LogP contribution in [0.4, 0.5) is 10.5 Å². The van der Waals surface area contributed by atoms with E-state index in [1.54, 1.807) is 25.2 Å². The summed E-state index contributed by atoms with van der Waals surface area (Å²) in [5, 5.41) is 2.79. The van der Waals surface area contributed by atoms with Gasteiger partial charge >= 0.3 is 6.09 Å². The van der Waals surface area contributed by atoms with Crippen LogP contribution in [-0.4, -0.2) is 48.9 Å². The largest absolute Gasteiger partial charge is 0.496 e. The second-order valence-electron chi connectivity index (χ2n) is 7.91. The summed E-state index contributed by atoms with van der Waals surface area (Å²) in [5.41, 5.74) is 2.29. The summed E-state index contributed by atoms with van der Waals surface area (Å²) in [5.74, 6) is -0.768. The van der Waals surface area contributed by atoms with Crippen LogP contribution in [0.2, 0.25) is 5.02 Å². The van der Waals surface area contributed by atoms with E-state index in [0.29, 0.717) is 22.0 Å². The molecule has 1 saturated heterocycles. The van der Waals surface area contributed by atoms with Crippen LogP contribution in [0.15, 0.2) is 30.3 Å². The monoisotopic (exact) mass is 471 g/mol. The maximum absolute atomic E-state index is 13.1. The van der Waals surface area contributed by atoms with Crippen LogP contribution in [0.5, 0.6) is 11.5 Å². The molecule has 4 amide bonds. The highest BCUT2D eigenvalue weighted by molar-refractivity contribution is 6.31. The van der Waals surface area contributed by atoms with E-state index >= 15 is 0 Å². The quantitative estimate of drug-likeness (QED) is 0.687. The molecule has 1 N–H and O–H groups in total. The van der Waals surface area contributed by atoms with Crippen LogP contribution < -0.4 is 19.7 Å². The number of anilines is 1. The van der Waals surface area contributed by atoms with E-state index in [-0.39, 0.29) is 36.6 Å². The Morgan fingerprint density at radius 3 is 2.64 bits per heavy atom. The number of methoxy groups -OCH3 is 1. The number of halogens is 1. The predicted octanol–water partition coefficient (Wildman–Crippen LogP) is 3.05. The van der Waals surface area contributed by atoms with Gasteiger partial charge in [-0.3, -0.25) is 24.6 Å². The van der Waals surface area contributed by atoms with Crippen molar-refractivity contribution in [2.45, 2.75) is 32.4 Å². The average Bonchev–Trinajstić information content (AvgIpc) is 3.11. The standard InChI is InChI=1S/C23H22ClN3O6/c1-12-4-5-13(8-17(12)24)26(2)23(31)33-14-9-15-16(19(10-14)32-3)11-27(22(15)30)18-6-7-20(28)25-21(18)29/h4-5,8-10,18H,6-7,11H2,1-3H3,(H,25,28,29). The average molecular weight is 472 g/mol. The Labute approximate surface area is 195 Å². The molecule has 2 aliphatic rings. The SMILES string of the molecule is COc1cc(OC(=O)N(C)c2ccc(C)c(Cl)c2)cc2c1CN(C1CCC(=O)NC1=O)C2=O. The summed E-state index contributed by atoms with van der Waals surface area (Å²) in [4.78, 5) is 52.2. The molecule has 0 spiro atoms. The minimum Gasteiger partial charge on any atom is -0.496 e. The third-order valence-electron chi connectivity index (χ3n) is 5.83. The van der Waals surface area contributed by atoms with Crippen molar-refractivity contribution in [3.63, 3.8) is 0 Å². The zero-order valence-corrected chi connectivity index (χ0v) is 19.1. The number of amides is 4. The number of fused-ring (bicyclic) bond motifs is 1. The van der Waals surface area contributed by atoms with Gasteiger partial charge in [0.15, 0.2) is 0 Å². The number of nitrogens with zero attached hydrogens (tertiary/aromatic N) is 2. The number of ether oxygens (including phenoxy) is 2. The molecule has 0 aliphatic carbocycles. The summed E-state index contributed by atoms with van der Waals surface area (Å²) < 4.78 is 10.9. The van der Waals surface area contributed by atoms with Crippen molar-refractivity contribution in [2.75, 3.05) is 19.1 Å². The van der Waals surface area contributed by atoms with Gasteiger partial charge in [0.25, 0.3) is 5.91 Å². The van der Waals surface area contributed by atoms with Gasteiger partial charge in [-0.2, -0.15) is 0 Å². The lowest BCUT2D eigenvalue weighted by Gasteiger charge is -2.29. The van der Waals surface area contributed by atoms with Crippen molar-refractivity contribution in [1.82, 2.24) is 10.2 Å². The zero-order chi connectivity index (χ0) is 23.9. The van der Waals surface area contributed by atoms with Gasteiger partial charge in [-0.1, -0.05) is 17.7 Å². The Morgan fingerprint density at radius 1 is 1.21 bits per heavy atom. The molecule has 2 heterocycles. The van der Waals surface area contributed by atoms with E-state index in [4.69, 9.17) is 21.1 Å². The van der Waals surface area contributed by atoms with Crippen LogP contribution in [0.3, 0.4) is 0 Å². The van der Waals surface area contributed by atoms with E-state index in [1.165, 1.54) is 29.0 Å². The van der Waals surface area contributed by atoms with Crippen LogP contribution in [-0.2, 0) is 16.1 Å². The number of benzene rings is 2. The van der Waals surface area contributed by atoms with Crippen LogP contribution in [0.25, 0.3) is 0 Å². The Hall–Kier alpha value is -3.59. The van der Waals surface area contributed by atoms with Gasteiger partial charge in [-0.15, -0.1) is 0 Å². The number of carbonyl (C=O) groups is 4. The number of hydrogen-bond acceptors (Lipinski definition) is 6. The molecule has 2 aliphatic heterocycles. The predicted molar refractivity (Wildman–Crippen MR) is 120 cm³/mol. The molecular formula is C23H22ClN3O6. The highest BCUT2D eigenvalue weighted by Gasteiger charge is 2.40. The van der Waals surface area contributed by atoms with E-state index < -0.39 is 23.9 Å². The molecule has 0 aromatic heterocycles. The maximum atomic E-state index is 13.1. The molecule has 9 nitrogen and oxygen atoms in total. The Morgan fingerprint density at radius 2 is 1.97 bits per heavy atom. The second kappa shape index (κ2) is 8.74. The number of carbonyl (C=O) groups excluding carboxylic acids is 4. The van der Waals surface area contributed by atoms with Gasteiger partial charge in [0.2, 0.25) is 11.8 Å². The molecule has 1 fully saturated rings. The summed E-state index contributed by atoms with van der Waals surface area (Å²) in [6.45, 7) is 2.01. The lowest BCUT2D eigenvalue weighted by molar-refractivity contribution is -0.136. The topological polar surface area (TPSA) is 105 Å². The zero-order valence-electron chi connectivity index (χ0n) is 18.3. The molecule has 2 aromatic rings. The number of aryl methyl sites for hydroxylation is 1. The molecule has 0 bridgehead atoms. The molecule has 0 radical (unpaired) electrons. The number of piperidine rings is 1. The first-order chi connectivity index (χ1) is 15.7. The molecule has 1 unspecified atom stereocenters. The molecule has 172 valence electrons. The maximum Gasteiger partial charge on any atom is 0.419 e. The first kappa shape index (κ1) is 22.6. The smallest absolute Gasteiger partial charge is 0.419 e. The van der Waals surface area contributed by atoms with E-state index in [0.717, 1.165) is 5.56 Å². The van der Waals surface area contributed by atoms with Crippen LogP contribution in [0, 0.1) is 6.92 Å². The van der Waals surface area contributed by atoms with Gasteiger partial charge in [0.05, 0.1) is 19.2 Å². The first-order valence-corrected chi connectivity index (χ1v) is 10.6. The highest BCUT2D eigenvalue weighted by atomic mass is 35.5.